The van der Waals surface area contributed by atoms with Gasteiger partial charge < -0.3 is 15.2 Å². The van der Waals surface area contributed by atoms with Crippen LogP contribution in [0.5, 0.6) is 0 Å². The lowest BCUT2D eigenvalue weighted by atomic mass is 9.93. The molecule has 176 valence electrons. The number of rotatable bonds is 8. The summed E-state index contributed by atoms with van der Waals surface area (Å²) < 4.78 is 25.0. The Morgan fingerprint density at radius 1 is 1.09 bits per heavy atom. The fourth-order valence-corrected chi connectivity index (χ4v) is 4.02. The fraction of sp³-hybridized carbons (Fsp3) is 0.296. The first-order chi connectivity index (χ1) is 16.5. The molecule has 0 amide bonds. The van der Waals surface area contributed by atoms with Gasteiger partial charge in [0.1, 0.15) is 12.4 Å². The van der Waals surface area contributed by atoms with E-state index in [-0.39, 0.29) is 37.0 Å². The first-order valence-corrected chi connectivity index (χ1v) is 11.4. The highest BCUT2D eigenvalue weighted by Crippen LogP contribution is 2.27. The zero-order valence-corrected chi connectivity index (χ0v) is 18.8. The molecule has 34 heavy (non-hydrogen) atoms. The third kappa shape index (κ3) is 5.73. The van der Waals surface area contributed by atoms with Crippen LogP contribution >= 0.6 is 0 Å². The molecule has 1 aromatic heterocycles. The minimum atomic E-state index is -0.514. The van der Waals surface area contributed by atoms with Crippen LogP contribution in [0, 0.1) is 5.82 Å². The highest BCUT2D eigenvalue weighted by molar-refractivity contribution is 5.99. The predicted molar refractivity (Wildman–Crippen MR) is 126 cm³/mol. The van der Waals surface area contributed by atoms with Crippen LogP contribution in [-0.2, 0) is 22.4 Å². The van der Waals surface area contributed by atoms with Gasteiger partial charge in [-0.25, -0.2) is 9.18 Å². The summed E-state index contributed by atoms with van der Waals surface area (Å²) in [5.74, 6) is -1.16. The van der Waals surface area contributed by atoms with E-state index in [1.807, 2.05) is 6.07 Å². The Morgan fingerprint density at radius 3 is 2.74 bits per heavy atom. The van der Waals surface area contributed by atoms with E-state index in [9.17, 15) is 14.0 Å². The van der Waals surface area contributed by atoms with Gasteiger partial charge in [0, 0.05) is 31.3 Å². The molecular formula is C27H27FN2O4. The van der Waals surface area contributed by atoms with E-state index < -0.39 is 11.8 Å². The number of aromatic nitrogens is 1. The van der Waals surface area contributed by atoms with E-state index in [2.05, 4.69) is 4.98 Å². The molecule has 1 unspecified atom stereocenters. The van der Waals surface area contributed by atoms with Crippen molar-refractivity contribution in [1.82, 2.24) is 4.98 Å². The molecular weight excluding hydrogens is 435 g/mol. The topological polar surface area (TPSA) is 91.5 Å². The Kier molecular flexibility index (Phi) is 7.77. The Morgan fingerprint density at radius 2 is 1.97 bits per heavy atom. The number of nitrogens with two attached hydrogens (primary N) is 1. The first kappa shape index (κ1) is 23.7. The van der Waals surface area contributed by atoms with Crippen molar-refractivity contribution >= 4 is 11.8 Å². The maximum atomic E-state index is 13.9. The van der Waals surface area contributed by atoms with Crippen LogP contribution in [0.2, 0.25) is 0 Å². The summed E-state index contributed by atoms with van der Waals surface area (Å²) in [6.45, 7) is 1.19. The van der Waals surface area contributed by atoms with Crippen molar-refractivity contribution in [1.29, 1.82) is 0 Å². The Labute approximate surface area is 197 Å². The summed E-state index contributed by atoms with van der Waals surface area (Å²) >= 11 is 0. The lowest BCUT2D eigenvalue weighted by Gasteiger charge is -2.22. The van der Waals surface area contributed by atoms with Crippen molar-refractivity contribution in [3.05, 3.63) is 89.0 Å². The van der Waals surface area contributed by atoms with E-state index in [1.165, 1.54) is 12.3 Å². The van der Waals surface area contributed by atoms with Crippen molar-refractivity contribution in [2.75, 3.05) is 13.2 Å². The third-order valence-corrected chi connectivity index (χ3v) is 5.94. The van der Waals surface area contributed by atoms with Gasteiger partial charge in [-0.15, -0.1) is 0 Å². The highest BCUT2D eigenvalue weighted by Gasteiger charge is 2.18. The maximum absolute atomic E-state index is 13.9. The van der Waals surface area contributed by atoms with E-state index in [0.717, 1.165) is 42.1 Å². The number of halogens is 1. The third-order valence-electron chi connectivity index (χ3n) is 5.94. The van der Waals surface area contributed by atoms with E-state index >= 15 is 0 Å². The predicted octanol–water partition coefficient (Wildman–Crippen LogP) is 4.50. The normalized spacial score (nSPS) is 15.6. The van der Waals surface area contributed by atoms with Crippen LogP contribution in [0.15, 0.2) is 60.9 Å². The molecule has 0 aliphatic carbocycles. The second kappa shape index (κ2) is 11.1. The van der Waals surface area contributed by atoms with E-state index in [0.29, 0.717) is 17.7 Å². The van der Waals surface area contributed by atoms with Gasteiger partial charge in [-0.1, -0.05) is 24.3 Å². The number of Topliss-reactive ketones (excluding diaryl/α,β-unsaturated/α-hetero) is 1. The molecule has 2 heterocycles. The van der Waals surface area contributed by atoms with Gasteiger partial charge in [-0.3, -0.25) is 9.78 Å². The molecule has 7 heteroatoms. The van der Waals surface area contributed by atoms with Gasteiger partial charge in [0.25, 0.3) is 0 Å². The average molecular weight is 463 g/mol. The Hall–Kier alpha value is -3.42. The van der Waals surface area contributed by atoms with Crippen molar-refractivity contribution in [2.45, 2.75) is 38.3 Å². The second-order valence-corrected chi connectivity index (χ2v) is 8.31. The number of esters is 1. The molecule has 0 radical (unpaired) electrons. The van der Waals surface area contributed by atoms with Gasteiger partial charge >= 0.3 is 5.97 Å². The van der Waals surface area contributed by atoms with Crippen LogP contribution in [0.4, 0.5) is 4.39 Å². The Bertz CT molecular complexity index is 1170. The average Bonchev–Trinajstić information content (AvgIpc) is 2.89. The minimum absolute atomic E-state index is 0.0577. The monoisotopic (exact) mass is 462 g/mol. The molecule has 1 aliphatic rings. The van der Waals surface area contributed by atoms with Gasteiger partial charge in [0.2, 0.25) is 0 Å². The van der Waals surface area contributed by atoms with E-state index in [4.69, 9.17) is 15.2 Å². The summed E-state index contributed by atoms with van der Waals surface area (Å²) in [7, 11) is 0. The smallest absolute Gasteiger partial charge is 0.338 e. The maximum Gasteiger partial charge on any atom is 0.338 e. The molecule has 1 atom stereocenters. The number of nitrogens with zero attached hydrogens (tertiary/aromatic N) is 1. The lowest BCUT2D eigenvalue weighted by molar-refractivity contribution is -0.0300. The molecule has 2 N–H and O–H groups in total. The molecule has 0 spiro atoms. The Balaban J connectivity index is 1.54. The first-order valence-electron chi connectivity index (χ1n) is 11.4. The molecule has 1 saturated heterocycles. The molecule has 3 aromatic rings. The number of ketones is 1. The summed E-state index contributed by atoms with van der Waals surface area (Å²) in [5.41, 5.74) is 9.39. The van der Waals surface area contributed by atoms with Gasteiger partial charge in [0.15, 0.2) is 5.78 Å². The van der Waals surface area contributed by atoms with E-state index in [1.54, 1.807) is 36.4 Å². The van der Waals surface area contributed by atoms with Crippen molar-refractivity contribution in [3.8, 4) is 11.1 Å². The molecule has 0 saturated carbocycles. The zero-order valence-electron chi connectivity index (χ0n) is 18.8. The standard InChI is InChI=1S/C27H27FN2O4/c28-25-16-30-10-9-19(25)14-26(31)20-7-8-22(15-29)24(13-20)18-4-3-5-21(12-18)27(32)34-17-23-6-1-2-11-33-23/h3-5,7-10,12-13,16,23H,1-2,6,11,14-15,17,29H2. The van der Waals surface area contributed by atoms with Gasteiger partial charge in [0.05, 0.1) is 17.9 Å². The largest absolute Gasteiger partial charge is 0.459 e. The number of carbonyl (C=O) groups is 2. The molecule has 1 aliphatic heterocycles. The summed E-state index contributed by atoms with van der Waals surface area (Å²) in [4.78, 5) is 29.2. The quantitative estimate of drug-likeness (QED) is 0.392. The lowest BCUT2D eigenvalue weighted by Crippen LogP contribution is -2.25. The SMILES string of the molecule is NCc1ccc(C(=O)Cc2ccncc2F)cc1-c1cccc(C(=O)OCC2CCCCO2)c1. The zero-order chi connectivity index (χ0) is 23.9. The summed E-state index contributed by atoms with van der Waals surface area (Å²) in [5, 5.41) is 0. The molecule has 0 bridgehead atoms. The molecule has 4 rings (SSSR count). The van der Waals surface area contributed by atoms with Crippen LogP contribution in [-0.4, -0.2) is 36.1 Å². The number of carbonyl (C=O) groups excluding carboxylic acids is 2. The van der Waals surface area contributed by atoms with Crippen molar-refractivity contribution in [3.63, 3.8) is 0 Å². The number of hydrogen-bond donors (Lipinski definition) is 1. The van der Waals surface area contributed by atoms with Crippen LogP contribution < -0.4 is 5.73 Å². The summed E-state index contributed by atoms with van der Waals surface area (Å²) in [6.07, 6.45) is 5.41. The van der Waals surface area contributed by atoms with Crippen LogP contribution in [0.25, 0.3) is 11.1 Å². The van der Waals surface area contributed by atoms with Gasteiger partial charge in [-0.05, 0) is 65.8 Å². The molecule has 1 fully saturated rings. The summed E-state index contributed by atoms with van der Waals surface area (Å²) in [6, 6.07) is 13.8. The number of benzene rings is 2. The van der Waals surface area contributed by atoms with Crippen molar-refractivity contribution in [2.24, 2.45) is 5.73 Å². The number of ether oxygens (including phenoxy) is 2. The molecule has 2 aromatic carbocycles. The number of hydrogen-bond acceptors (Lipinski definition) is 6. The van der Waals surface area contributed by atoms with Gasteiger partial charge in [-0.2, -0.15) is 0 Å². The highest BCUT2D eigenvalue weighted by atomic mass is 19.1. The number of pyridine rings is 1. The van der Waals surface area contributed by atoms with Crippen LogP contribution in [0.1, 0.15) is 51.1 Å². The fourth-order valence-electron chi connectivity index (χ4n) is 4.02. The molecule has 6 nitrogen and oxygen atoms in total. The second-order valence-electron chi connectivity index (χ2n) is 8.31. The van der Waals surface area contributed by atoms with Crippen molar-refractivity contribution < 1.29 is 23.5 Å². The minimum Gasteiger partial charge on any atom is -0.459 e. The van der Waals surface area contributed by atoms with Crippen LogP contribution in [0.3, 0.4) is 0 Å².